The fraction of sp³-hybridized carbons (Fsp3) is 0.700. The Morgan fingerprint density at radius 3 is 2.82 bits per heavy atom. The summed E-state index contributed by atoms with van der Waals surface area (Å²) in [5.74, 6) is -0.106. The van der Waals surface area contributed by atoms with E-state index in [2.05, 4.69) is 17.1 Å². The van der Waals surface area contributed by atoms with Gasteiger partial charge in [-0.25, -0.2) is 0 Å². The molecule has 0 fully saturated rings. The lowest BCUT2D eigenvalue weighted by molar-refractivity contribution is -0.133. The Hall–Kier alpha value is -1.08. The van der Waals surface area contributed by atoms with Crippen molar-refractivity contribution in [1.82, 2.24) is 14.8 Å². The van der Waals surface area contributed by atoms with E-state index in [1.165, 1.54) is 11.8 Å². The SMILES string of the molecule is CCCn1c(COCC)nnc1SCC(=O)O. The lowest BCUT2D eigenvalue weighted by atomic mass is 10.4. The second kappa shape index (κ2) is 7.29. The summed E-state index contributed by atoms with van der Waals surface area (Å²) in [6.07, 6.45) is 0.942. The zero-order valence-electron chi connectivity index (χ0n) is 10.0. The lowest BCUT2D eigenvalue weighted by Gasteiger charge is -2.07. The highest BCUT2D eigenvalue weighted by Gasteiger charge is 2.13. The van der Waals surface area contributed by atoms with Gasteiger partial charge in [-0.3, -0.25) is 4.79 Å². The van der Waals surface area contributed by atoms with Crippen LogP contribution in [0.2, 0.25) is 0 Å². The van der Waals surface area contributed by atoms with Crippen LogP contribution in [0.15, 0.2) is 5.16 Å². The first kappa shape index (κ1) is 14.0. The smallest absolute Gasteiger partial charge is 0.313 e. The molecule has 6 nitrogen and oxygen atoms in total. The summed E-state index contributed by atoms with van der Waals surface area (Å²) in [4.78, 5) is 10.5. The van der Waals surface area contributed by atoms with Crippen LogP contribution in [0.3, 0.4) is 0 Å². The highest BCUT2D eigenvalue weighted by atomic mass is 32.2. The Bertz CT molecular complexity index is 368. The van der Waals surface area contributed by atoms with Crippen LogP contribution in [0.5, 0.6) is 0 Å². The third-order valence-corrected chi connectivity index (χ3v) is 2.95. The van der Waals surface area contributed by atoms with Crippen molar-refractivity contribution < 1.29 is 14.6 Å². The molecule has 0 aliphatic heterocycles. The Labute approximate surface area is 104 Å². The predicted molar refractivity (Wildman–Crippen MR) is 64.0 cm³/mol. The zero-order chi connectivity index (χ0) is 12.7. The Morgan fingerprint density at radius 2 is 2.24 bits per heavy atom. The molecule has 0 saturated heterocycles. The monoisotopic (exact) mass is 259 g/mol. The summed E-state index contributed by atoms with van der Waals surface area (Å²) in [6, 6.07) is 0. The first-order valence-corrected chi connectivity index (χ1v) is 6.52. The first-order chi connectivity index (χ1) is 8.19. The number of aromatic nitrogens is 3. The van der Waals surface area contributed by atoms with E-state index in [1.807, 2.05) is 11.5 Å². The fourth-order valence-electron chi connectivity index (χ4n) is 1.30. The quantitative estimate of drug-likeness (QED) is 0.711. The van der Waals surface area contributed by atoms with E-state index in [9.17, 15) is 4.79 Å². The van der Waals surface area contributed by atoms with E-state index in [0.717, 1.165) is 18.8 Å². The van der Waals surface area contributed by atoms with Crippen molar-refractivity contribution in [3.05, 3.63) is 5.82 Å². The summed E-state index contributed by atoms with van der Waals surface area (Å²) >= 11 is 1.18. The number of nitrogens with zero attached hydrogens (tertiary/aromatic N) is 3. The fourth-order valence-corrected chi connectivity index (χ4v) is 2.00. The van der Waals surface area contributed by atoms with E-state index in [1.54, 1.807) is 0 Å². The van der Waals surface area contributed by atoms with Crippen molar-refractivity contribution in [3.8, 4) is 0 Å². The van der Waals surface area contributed by atoms with Crippen LogP contribution in [-0.4, -0.2) is 38.2 Å². The molecule has 0 amide bonds. The molecule has 0 atom stereocenters. The Kier molecular flexibility index (Phi) is 5.99. The van der Waals surface area contributed by atoms with Crippen LogP contribution in [0.1, 0.15) is 26.1 Å². The van der Waals surface area contributed by atoms with Gasteiger partial charge < -0.3 is 14.4 Å². The van der Waals surface area contributed by atoms with Crippen LogP contribution >= 0.6 is 11.8 Å². The molecule has 1 heterocycles. The number of carboxylic acid groups (broad SMARTS) is 1. The molecule has 1 aromatic rings. The van der Waals surface area contributed by atoms with Gasteiger partial charge >= 0.3 is 5.97 Å². The topological polar surface area (TPSA) is 77.2 Å². The van der Waals surface area contributed by atoms with E-state index in [-0.39, 0.29) is 5.75 Å². The Balaban J connectivity index is 2.74. The largest absolute Gasteiger partial charge is 0.481 e. The minimum absolute atomic E-state index is 0.00349. The van der Waals surface area contributed by atoms with Crippen molar-refractivity contribution in [2.45, 2.75) is 38.6 Å². The molecule has 1 aromatic heterocycles. The van der Waals surface area contributed by atoms with Gasteiger partial charge in [-0.1, -0.05) is 18.7 Å². The second-order valence-electron chi connectivity index (χ2n) is 3.37. The van der Waals surface area contributed by atoms with E-state index >= 15 is 0 Å². The zero-order valence-corrected chi connectivity index (χ0v) is 10.9. The van der Waals surface area contributed by atoms with E-state index < -0.39 is 5.97 Å². The molecular weight excluding hydrogens is 242 g/mol. The normalized spacial score (nSPS) is 10.7. The third kappa shape index (κ3) is 4.35. The molecule has 0 saturated carbocycles. The average molecular weight is 259 g/mol. The van der Waals surface area contributed by atoms with Gasteiger partial charge in [0.1, 0.15) is 6.61 Å². The minimum atomic E-state index is -0.854. The number of aliphatic carboxylic acids is 1. The van der Waals surface area contributed by atoms with Crippen molar-refractivity contribution in [1.29, 1.82) is 0 Å². The molecule has 0 spiro atoms. The highest BCUT2D eigenvalue weighted by Crippen LogP contribution is 2.17. The number of carbonyl (C=O) groups is 1. The molecule has 0 radical (unpaired) electrons. The predicted octanol–water partition coefficient (Wildman–Crippen LogP) is 1.40. The summed E-state index contributed by atoms with van der Waals surface area (Å²) in [5, 5.41) is 17.3. The van der Waals surface area contributed by atoms with Crippen molar-refractivity contribution in [3.63, 3.8) is 0 Å². The summed E-state index contributed by atoms with van der Waals surface area (Å²) in [6.45, 7) is 5.78. The number of hydrogen-bond acceptors (Lipinski definition) is 5. The number of hydrogen-bond donors (Lipinski definition) is 1. The van der Waals surface area contributed by atoms with E-state index in [0.29, 0.717) is 18.4 Å². The van der Waals surface area contributed by atoms with Gasteiger partial charge in [-0.15, -0.1) is 10.2 Å². The van der Waals surface area contributed by atoms with Crippen molar-refractivity contribution in [2.75, 3.05) is 12.4 Å². The molecule has 0 aliphatic carbocycles. The average Bonchev–Trinajstić information content (AvgIpc) is 2.67. The molecule has 0 aliphatic rings. The van der Waals surface area contributed by atoms with Gasteiger partial charge in [0.15, 0.2) is 11.0 Å². The molecule has 7 heteroatoms. The number of carboxylic acids is 1. The van der Waals surface area contributed by atoms with Crippen LogP contribution in [0.4, 0.5) is 0 Å². The van der Waals surface area contributed by atoms with Crippen LogP contribution < -0.4 is 0 Å². The third-order valence-electron chi connectivity index (χ3n) is 2.00. The molecule has 0 bridgehead atoms. The van der Waals surface area contributed by atoms with Crippen molar-refractivity contribution in [2.24, 2.45) is 0 Å². The second-order valence-corrected chi connectivity index (χ2v) is 4.31. The van der Waals surface area contributed by atoms with Crippen LogP contribution in [0.25, 0.3) is 0 Å². The van der Waals surface area contributed by atoms with E-state index in [4.69, 9.17) is 9.84 Å². The molecule has 17 heavy (non-hydrogen) atoms. The maximum atomic E-state index is 10.5. The summed E-state index contributed by atoms with van der Waals surface area (Å²) in [7, 11) is 0. The van der Waals surface area contributed by atoms with Crippen LogP contribution in [0, 0.1) is 0 Å². The highest BCUT2D eigenvalue weighted by molar-refractivity contribution is 7.99. The molecule has 96 valence electrons. The number of ether oxygens (including phenoxy) is 1. The van der Waals surface area contributed by atoms with Gasteiger partial charge in [-0.05, 0) is 13.3 Å². The standard InChI is InChI=1S/C10H17N3O3S/c1-3-5-13-8(6-16-4-2)11-12-10(13)17-7-9(14)15/h3-7H2,1-2H3,(H,14,15). The number of rotatable bonds is 8. The molecule has 0 aromatic carbocycles. The van der Waals surface area contributed by atoms with Gasteiger partial charge in [0.2, 0.25) is 0 Å². The van der Waals surface area contributed by atoms with Gasteiger partial charge in [0, 0.05) is 13.2 Å². The van der Waals surface area contributed by atoms with Crippen LogP contribution in [-0.2, 0) is 22.7 Å². The van der Waals surface area contributed by atoms with Crippen molar-refractivity contribution >= 4 is 17.7 Å². The molecule has 1 rings (SSSR count). The van der Waals surface area contributed by atoms with Gasteiger partial charge in [0.25, 0.3) is 0 Å². The molecular formula is C10H17N3O3S. The molecule has 1 N–H and O–H groups in total. The summed E-state index contributed by atoms with van der Waals surface area (Å²) < 4.78 is 7.22. The minimum Gasteiger partial charge on any atom is -0.481 e. The summed E-state index contributed by atoms with van der Waals surface area (Å²) in [5.41, 5.74) is 0. The Morgan fingerprint density at radius 1 is 1.47 bits per heavy atom. The van der Waals surface area contributed by atoms with Gasteiger partial charge in [-0.2, -0.15) is 0 Å². The lowest BCUT2D eigenvalue weighted by Crippen LogP contribution is -2.08. The first-order valence-electron chi connectivity index (χ1n) is 5.53. The molecule has 0 unspecified atom stereocenters. The maximum Gasteiger partial charge on any atom is 0.313 e. The number of thioether (sulfide) groups is 1. The maximum absolute atomic E-state index is 10.5. The van der Waals surface area contributed by atoms with Gasteiger partial charge in [0.05, 0.1) is 5.75 Å².